The number of benzene rings is 1. The number of halogens is 3. The third-order valence-electron chi connectivity index (χ3n) is 4.06. The lowest BCUT2D eigenvalue weighted by atomic mass is 9.97. The number of hydrogen-bond acceptors (Lipinski definition) is 3. The van der Waals surface area contributed by atoms with Gasteiger partial charge in [0.1, 0.15) is 0 Å². The molecule has 108 valence electrons. The third-order valence-corrected chi connectivity index (χ3v) is 4.06. The number of hydrogen-bond donors (Lipinski definition) is 0. The van der Waals surface area contributed by atoms with E-state index in [1.165, 1.54) is 12.1 Å². The van der Waals surface area contributed by atoms with Crippen molar-refractivity contribution >= 4 is 5.78 Å². The fraction of sp³-hybridized carbons (Fsp3) is 0.500. The Morgan fingerprint density at radius 2 is 1.85 bits per heavy atom. The zero-order chi connectivity index (χ0) is 14.3. The van der Waals surface area contributed by atoms with Crippen LogP contribution >= 0.6 is 0 Å². The van der Waals surface area contributed by atoms with Crippen LogP contribution in [0.1, 0.15) is 15.9 Å². The molecule has 0 amide bonds. The number of carbonyl (C=O) groups excluding carboxylic acids is 1. The highest BCUT2D eigenvalue weighted by Gasteiger charge is 2.37. The molecule has 3 aliphatic heterocycles. The lowest BCUT2D eigenvalue weighted by molar-refractivity contribution is -0.137. The minimum atomic E-state index is -4.41. The molecular weight excluding hydrogens is 269 g/mol. The van der Waals surface area contributed by atoms with Crippen LogP contribution in [0.4, 0.5) is 13.2 Å². The lowest BCUT2D eigenvalue weighted by Gasteiger charge is -2.46. The van der Waals surface area contributed by atoms with Crippen LogP contribution in [-0.2, 0) is 6.18 Å². The van der Waals surface area contributed by atoms with Crippen LogP contribution in [-0.4, -0.2) is 54.3 Å². The Kier molecular flexibility index (Phi) is 3.30. The highest BCUT2D eigenvalue weighted by Crippen LogP contribution is 2.30. The quantitative estimate of drug-likeness (QED) is 0.775. The Bertz CT molecular complexity index is 521. The highest BCUT2D eigenvalue weighted by molar-refractivity contribution is 6.00. The Morgan fingerprint density at radius 3 is 2.40 bits per heavy atom. The van der Waals surface area contributed by atoms with Gasteiger partial charge in [0, 0.05) is 38.3 Å². The average molecular weight is 284 g/mol. The number of ketones is 1. The van der Waals surface area contributed by atoms with Gasteiger partial charge in [0.05, 0.1) is 11.6 Å². The molecule has 3 saturated heterocycles. The SMILES string of the molecule is O=C(c1cccc(C(F)(F)F)c1)C1CN2CCN1CC2. The molecule has 1 aromatic rings. The molecule has 1 aromatic carbocycles. The summed E-state index contributed by atoms with van der Waals surface area (Å²) in [4.78, 5) is 16.7. The van der Waals surface area contributed by atoms with Crippen molar-refractivity contribution < 1.29 is 18.0 Å². The maximum atomic E-state index is 12.7. The number of alkyl halides is 3. The lowest BCUT2D eigenvalue weighted by Crippen LogP contribution is -2.63. The van der Waals surface area contributed by atoms with Crippen molar-refractivity contribution in [3.05, 3.63) is 35.4 Å². The summed E-state index contributed by atoms with van der Waals surface area (Å²) in [5, 5.41) is 0. The van der Waals surface area contributed by atoms with E-state index >= 15 is 0 Å². The molecule has 3 fully saturated rings. The normalized spacial score (nSPS) is 29.4. The van der Waals surface area contributed by atoms with E-state index < -0.39 is 11.7 Å². The molecule has 3 aliphatic rings. The third kappa shape index (κ3) is 2.45. The molecule has 1 atom stereocenters. The Morgan fingerprint density at radius 1 is 1.15 bits per heavy atom. The number of nitrogens with zero attached hydrogens (tertiary/aromatic N) is 2. The first-order valence-corrected chi connectivity index (χ1v) is 6.63. The molecule has 0 N–H and O–H groups in total. The second-order valence-corrected chi connectivity index (χ2v) is 5.30. The van der Waals surface area contributed by atoms with Gasteiger partial charge in [-0.25, -0.2) is 0 Å². The van der Waals surface area contributed by atoms with Gasteiger partial charge in [-0.3, -0.25) is 14.6 Å². The number of fused-ring (bicyclic) bond motifs is 3. The van der Waals surface area contributed by atoms with Crippen molar-refractivity contribution in [1.82, 2.24) is 9.80 Å². The Hall–Kier alpha value is -1.40. The van der Waals surface area contributed by atoms with Crippen molar-refractivity contribution in [2.24, 2.45) is 0 Å². The number of carbonyl (C=O) groups is 1. The number of piperazine rings is 3. The van der Waals surface area contributed by atoms with Crippen molar-refractivity contribution in [2.75, 3.05) is 32.7 Å². The van der Waals surface area contributed by atoms with E-state index in [0.29, 0.717) is 6.54 Å². The van der Waals surface area contributed by atoms with Gasteiger partial charge in [0.2, 0.25) is 0 Å². The summed E-state index contributed by atoms with van der Waals surface area (Å²) in [6, 6.07) is 4.42. The van der Waals surface area contributed by atoms with Gasteiger partial charge in [0.15, 0.2) is 5.78 Å². The molecule has 0 aromatic heterocycles. The maximum absolute atomic E-state index is 12.7. The summed E-state index contributed by atoms with van der Waals surface area (Å²) in [7, 11) is 0. The first-order chi connectivity index (χ1) is 9.45. The fourth-order valence-corrected chi connectivity index (χ4v) is 2.91. The van der Waals surface area contributed by atoms with Crippen molar-refractivity contribution in [2.45, 2.75) is 12.2 Å². The standard InChI is InChI=1S/C14H15F3N2O/c15-14(16,17)11-3-1-2-10(8-11)13(20)12-9-18-4-6-19(12)7-5-18/h1-3,8,12H,4-7,9H2. The summed E-state index contributed by atoms with van der Waals surface area (Å²) in [6.07, 6.45) is -4.41. The fourth-order valence-electron chi connectivity index (χ4n) is 2.91. The maximum Gasteiger partial charge on any atom is 0.416 e. The molecule has 1 unspecified atom stereocenters. The molecule has 3 heterocycles. The first-order valence-electron chi connectivity index (χ1n) is 6.63. The minimum absolute atomic E-state index is 0.151. The van der Waals surface area contributed by atoms with E-state index in [-0.39, 0.29) is 17.4 Å². The van der Waals surface area contributed by atoms with E-state index in [9.17, 15) is 18.0 Å². The van der Waals surface area contributed by atoms with Gasteiger partial charge >= 0.3 is 6.18 Å². The molecule has 20 heavy (non-hydrogen) atoms. The first kappa shape index (κ1) is 13.6. The molecule has 6 heteroatoms. The van der Waals surface area contributed by atoms with Crippen LogP contribution in [0.5, 0.6) is 0 Å². The van der Waals surface area contributed by atoms with Gasteiger partial charge in [-0.05, 0) is 12.1 Å². The van der Waals surface area contributed by atoms with E-state index in [4.69, 9.17) is 0 Å². The molecular formula is C14H15F3N2O. The largest absolute Gasteiger partial charge is 0.416 e. The number of Topliss-reactive ketones (excluding diaryl/α,β-unsaturated/α-hetero) is 1. The van der Waals surface area contributed by atoms with Crippen LogP contribution in [0.2, 0.25) is 0 Å². The van der Waals surface area contributed by atoms with Crippen molar-refractivity contribution in [1.29, 1.82) is 0 Å². The van der Waals surface area contributed by atoms with Crippen LogP contribution in [0.15, 0.2) is 24.3 Å². The molecule has 0 radical (unpaired) electrons. The van der Waals surface area contributed by atoms with Gasteiger partial charge < -0.3 is 0 Å². The van der Waals surface area contributed by atoms with Crippen LogP contribution in [0.3, 0.4) is 0 Å². The van der Waals surface area contributed by atoms with E-state index in [0.717, 1.165) is 38.3 Å². The van der Waals surface area contributed by atoms with Crippen molar-refractivity contribution in [3.63, 3.8) is 0 Å². The summed E-state index contributed by atoms with van der Waals surface area (Å²) < 4.78 is 38.1. The molecule has 3 nitrogen and oxygen atoms in total. The predicted molar refractivity (Wildman–Crippen MR) is 67.6 cm³/mol. The van der Waals surface area contributed by atoms with Crippen molar-refractivity contribution in [3.8, 4) is 0 Å². The minimum Gasteiger partial charge on any atom is -0.299 e. The Balaban J connectivity index is 1.84. The van der Waals surface area contributed by atoms with Gasteiger partial charge in [0.25, 0.3) is 0 Å². The second kappa shape index (κ2) is 4.86. The second-order valence-electron chi connectivity index (χ2n) is 5.30. The summed E-state index contributed by atoms with van der Waals surface area (Å²) >= 11 is 0. The zero-order valence-electron chi connectivity index (χ0n) is 10.9. The van der Waals surface area contributed by atoms with E-state index in [1.807, 2.05) is 0 Å². The molecule has 0 saturated carbocycles. The summed E-state index contributed by atoms with van der Waals surface area (Å²) in [5.74, 6) is -0.208. The summed E-state index contributed by atoms with van der Waals surface area (Å²) in [5.41, 5.74) is -0.613. The zero-order valence-corrected chi connectivity index (χ0v) is 10.9. The molecule has 0 aliphatic carbocycles. The monoisotopic (exact) mass is 284 g/mol. The van der Waals surface area contributed by atoms with E-state index in [2.05, 4.69) is 9.80 Å². The Labute approximate surface area is 115 Å². The molecule has 4 rings (SSSR count). The molecule has 2 bridgehead atoms. The van der Waals surface area contributed by atoms with Gasteiger partial charge in [-0.1, -0.05) is 12.1 Å². The van der Waals surface area contributed by atoms with Gasteiger partial charge in [-0.2, -0.15) is 13.2 Å². The molecule has 0 spiro atoms. The van der Waals surface area contributed by atoms with E-state index in [1.54, 1.807) is 0 Å². The number of rotatable bonds is 2. The van der Waals surface area contributed by atoms with Crippen LogP contribution in [0, 0.1) is 0 Å². The predicted octanol–water partition coefficient (Wildman–Crippen LogP) is 1.89. The van der Waals surface area contributed by atoms with Crippen LogP contribution in [0.25, 0.3) is 0 Å². The smallest absolute Gasteiger partial charge is 0.299 e. The van der Waals surface area contributed by atoms with Crippen LogP contribution < -0.4 is 0 Å². The summed E-state index contributed by atoms with van der Waals surface area (Å²) in [6.45, 7) is 4.12. The van der Waals surface area contributed by atoms with Gasteiger partial charge in [-0.15, -0.1) is 0 Å². The highest BCUT2D eigenvalue weighted by atomic mass is 19.4. The topological polar surface area (TPSA) is 23.6 Å². The average Bonchev–Trinajstić information content (AvgIpc) is 2.47.